The Balaban J connectivity index is 1.26. The van der Waals surface area contributed by atoms with Gasteiger partial charge in [-0.1, -0.05) is 104 Å². The fourth-order valence-electron chi connectivity index (χ4n) is 15.2. The molecule has 14 unspecified atom stereocenters. The van der Waals surface area contributed by atoms with Crippen molar-refractivity contribution in [2.75, 3.05) is 0 Å². The average Bonchev–Trinajstić information content (AvgIpc) is 3.28. The van der Waals surface area contributed by atoms with Gasteiger partial charge in [0.15, 0.2) is 0 Å². The van der Waals surface area contributed by atoms with E-state index < -0.39 is 0 Å². The Morgan fingerprint density at radius 3 is 1.16 bits per heavy atom. The molecule has 8 aliphatic rings. The predicted molar refractivity (Wildman–Crippen MR) is 160 cm³/mol. The highest BCUT2D eigenvalue weighted by atomic mass is 14.7. The second kappa shape index (κ2) is 10.4. The van der Waals surface area contributed by atoms with Gasteiger partial charge in [-0.25, -0.2) is 0 Å². The van der Waals surface area contributed by atoms with E-state index in [1.54, 1.807) is 116 Å². The third-order valence-corrected chi connectivity index (χ3v) is 16.2. The van der Waals surface area contributed by atoms with Gasteiger partial charge in [-0.2, -0.15) is 0 Å². The highest BCUT2D eigenvalue weighted by Crippen LogP contribution is 2.72. The van der Waals surface area contributed by atoms with E-state index in [0.29, 0.717) is 0 Å². The van der Waals surface area contributed by atoms with Gasteiger partial charge in [-0.15, -0.1) is 0 Å². The van der Waals surface area contributed by atoms with E-state index in [2.05, 4.69) is 13.8 Å². The molecule has 0 aromatic carbocycles. The monoisotopic (exact) mass is 518 g/mol. The Morgan fingerprint density at radius 1 is 0.289 bits per heavy atom. The van der Waals surface area contributed by atoms with Gasteiger partial charge < -0.3 is 0 Å². The van der Waals surface area contributed by atoms with Crippen LogP contribution in [0.5, 0.6) is 0 Å². The molecule has 0 radical (unpaired) electrons. The van der Waals surface area contributed by atoms with Crippen LogP contribution in [0.3, 0.4) is 0 Å². The summed E-state index contributed by atoms with van der Waals surface area (Å²) in [7, 11) is 0. The molecule has 0 N–H and O–H groups in total. The maximum absolute atomic E-state index is 2.74. The molecule has 8 saturated carbocycles. The Morgan fingerprint density at radius 2 is 0.684 bits per heavy atom. The van der Waals surface area contributed by atoms with Crippen molar-refractivity contribution in [3.63, 3.8) is 0 Å². The van der Waals surface area contributed by atoms with E-state index >= 15 is 0 Å². The van der Waals surface area contributed by atoms with Gasteiger partial charge in [0.05, 0.1) is 0 Å². The Bertz CT molecular complexity index is 762. The van der Waals surface area contributed by atoms with Crippen LogP contribution in [0.25, 0.3) is 0 Å². The minimum Gasteiger partial charge on any atom is -0.0622 e. The predicted octanol–water partition coefficient (Wildman–Crippen LogP) is 10.8. The second-order valence-electron chi connectivity index (χ2n) is 17.3. The quantitative estimate of drug-likeness (QED) is 0.341. The molecule has 0 heterocycles. The molecule has 0 aliphatic heterocycles. The van der Waals surface area contributed by atoms with Crippen molar-refractivity contribution >= 4 is 0 Å². The van der Waals surface area contributed by atoms with E-state index in [-0.39, 0.29) is 0 Å². The van der Waals surface area contributed by atoms with Crippen LogP contribution in [0.2, 0.25) is 0 Å². The van der Waals surface area contributed by atoms with Crippen LogP contribution in [-0.4, -0.2) is 0 Å². The Kier molecular flexibility index (Phi) is 7.01. The van der Waals surface area contributed by atoms with Gasteiger partial charge in [0, 0.05) is 0 Å². The third-order valence-electron chi connectivity index (χ3n) is 16.2. The smallest absolute Gasteiger partial charge is 0.0315 e. The largest absolute Gasteiger partial charge is 0.0622 e. The number of fused-ring (bicyclic) bond motifs is 5. The summed E-state index contributed by atoms with van der Waals surface area (Å²) in [4.78, 5) is 0. The highest BCUT2D eigenvalue weighted by Gasteiger charge is 2.66. The molecule has 0 heteroatoms. The lowest BCUT2D eigenvalue weighted by atomic mass is 9.43. The zero-order valence-corrected chi connectivity index (χ0v) is 25.4. The van der Waals surface area contributed by atoms with Crippen LogP contribution in [0.4, 0.5) is 0 Å². The number of hydrogen-bond donors (Lipinski definition) is 0. The van der Waals surface area contributed by atoms with Crippen LogP contribution in [0, 0.1) is 94.7 Å². The summed E-state index contributed by atoms with van der Waals surface area (Å²) in [5.41, 5.74) is 0. The molecule has 8 rings (SSSR count). The first-order valence-corrected chi connectivity index (χ1v) is 18.7. The van der Waals surface area contributed by atoms with E-state index in [4.69, 9.17) is 0 Å². The van der Waals surface area contributed by atoms with Crippen molar-refractivity contribution in [1.82, 2.24) is 0 Å². The van der Waals surface area contributed by atoms with E-state index in [1.165, 1.54) is 12.8 Å². The zero-order chi connectivity index (χ0) is 25.4. The van der Waals surface area contributed by atoms with E-state index in [9.17, 15) is 0 Å². The maximum Gasteiger partial charge on any atom is -0.0315 e. The van der Waals surface area contributed by atoms with Crippen LogP contribution in [-0.2, 0) is 0 Å². The summed E-state index contributed by atoms with van der Waals surface area (Å²) < 4.78 is 0. The lowest BCUT2D eigenvalue weighted by Crippen LogP contribution is -2.56. The van der Waals surface area contributed by atoms with Gasteiger partial charge in [0.2, 0.25) is 0 Å². The SMILES string of the molecule is CC1CCCCC1C1C2CC3CCCCC3CC2C(C2CCCCC2C)C2C3CCCC4CCCC(C43)C12. The molecule has 14 atom stereocenters. The highest BCUT2D eigenvalue weighted by molar-refractivity contribution is 5.14. The molecular formula is C38H62. The van der Waals surface area contributed by atoms with Gasteiger partial charge in [-0.05, 0) is 133 Å². The summed E-state index contributed by atoms with van der Waals surface area (Å²) in [6.07, 6.45) is 32.0. The lowest BCUT2D eigenvalue weighted by molar-refractivity contribution is -0.141. The molecule has 8 fully saturated rings. The topological polar surface area (TPSA) is 0 Å². The Hall–Kier alpha value is 0. The first kappa shape index (κ1) is 25.7. The first-order valence-electron chi connectivity index (χ1n) is 18.7. The Labute approximate surface area is 236 Å². The van der Waals surface area contributed by atoms with Crippen molar-refractivity contribution in [3.05, 3.63) is 0 Å². The summed E-state index contributed by atoms with van der Waals surface area (Å²) >= 11 is 0. The molecule has 0 aromatic rings. The summed E-state index contributed by atoms with van der Waals surface area (Å²) in [6, 6.07) is 0. The minimum atomic E-state index is 1.02. The van der Waals surface area contributed by atoms with Crippen molar-refractivity contribution in [3.8, 4) is 0 Å². The molecule has 0 saturated heterocycles. The van der Waals surface area contributed by atoms with Gasteiger partial charge in [-0.3, -0.25) is 0 Å². The minimum absolute atomic E-state index is 1.02. The van der Waals surface area contributed by atoms with E-state index in [0.717, 1.165) is 94.7 Å². The number of rotatable bonds is 2. The van der Waals surface area contributed by atoms with Crippen LogP contribution in [0.15, 0.2) is 0 Å². The number of hydrogen-bond acceptors (Lipinski definition) is 0. The molecule has 0 spiro atoms. The van der Waals surface area contributed by atoms with Gasteiger partial charge in [0.25, 0.3) is 0 Å². The van der Waals surface area contributed by atoms with Crippen molar-refractivity contribution in [1.29, 1.82) is 0 Å². The molecular weight excluding hydrogens is 456 g/mol. The second-order valence-corrected chi connectivity index (χ2v) is 17.3. The van der Waals surface area contributed by atoms with Crippen molar-refractivity contribution in [2.24, 2.45) is 94.7 Å². The molecule has 0 amide bonds. The first-order chi connectivity index (χ1) is 18.7. The lowest BCUT2D eigenvalue weighted by Gasteiger charge is -2.62. The van der Waals surface area contributed by atoms with Gasteiger partial charge >= 0.3 is 0 Å². The van der Waals surface area contributed by atoms with Gasteiger partial charge in [0.1, 0.15) is 0 Å². The zero-order valence-electron chi connectivity index (χ0n) is 25.4. The normalized spacial score (nSPS) is 58.3. The molecule has 8 aliphatic carbocycles. The van der Waals surface area contributed by atoms with E-state index in [1.807, 2.05) is 0 Å². The van der Waals surface area contributed by atoms with Crippen LogP contribution >= 0.6 is 0 Å². The fraction of sp³-hybridized carbons (Fsp3) is 1.00. The van der Waals surface area contributed by atoms with Crippen LogP contribution in [0.1, 0.15) is 142 Å². The molecule has 38 heavy (non-hydrogen) atoms. The third kappa shape index (κ3) is 4.00. The average molecular weight is 519 g/mol. The fourth-order valence-corrected chi connectivity index (χ4v) is 15.2. The maximum atomic E-state index is 2.74. The molecule has 0 aromatic heterocycles. The molecule has 214 valence electrons. The van der Waals surface area contributed by atoms with Crippen LogP contribution < -0.4 is 0 Å². The van der Waals surface area contributed by atoms with Crippen molar-refractivity contribution in [2.45, 2.75) is 142 Å². The molecule has 0 nitrogen and oxygen atoms in total. The summed E-state index contributed by atoms with van der Waals surface area (Å²) in [5.74, 6) is 17.9. The standard InChI is InChI=1S/C38H62/c1-23-11-3-7-17-28(23)35-32-21-26-13-5-6-14-27(26)22-33(32)36(29-18-8-4-12-24(29)2)38-31-20-10-16-25-15-9-19-30(34(25)31)37(35)38/h23-38H,3-22H2,1-2H3. The van der Waals surface area contributed by atoms with Crippen molar-refractivity contribution < 1.29 is 0 Å². The molecule has 0 bridgehead atoms. The summed E-state index contributed by atoms with van der Waals surface area (Å²) in [5, 5.41) is 0. The summed E-state index contributed by atoms with van der Waals surface area (Å²) in [6.45, 7) is 5.47.